The molecule has 1 aromatic heterocycles. The molecule has 1 rings (SSSR count). The Balaban J connectivity index is 2.58. The standard InChI is InChI=1S/C11H18N2/c1-3-9-5-6-11(13-8-9)7-10(12)4-2/h5-6,8,10H,3-4,7,12H2,1-2H3. The predicted octanol–water partition coefficient (Wildman–Crippen LogP) is 1.92. The van der Waals surface area contributed by atoms with Gasteiger partial charge in [0.2, 0.25) is 0 Å². The number of hydrogen-bond acceptors (Lipinski definition) is 2. The first-order valence-electron chi connectivity index (χ1n) is 4.95. The fraction of sp³-hybridized carbons (Fsp3) is 0.545. The second-order valence-electron chi connectivity index (χ2n) is 3.38. The first-order valence-corrected chi connectivity index (χ1v) is 4.95. The molecule has 0 aliphatic carbocycles. The van der Waals surface area contributed by atoms with Gasteiger partial charge in [-0.2, -0.15) is 0 Å². The van der Waals surface area contributed by atoms with Crippen LogP contribution in [0.2, 0.25) is 0 Å². The molecule has 1 aromatic rings. The number of aryl methyl sites for hydroxylation is 1. The van der Waals surface area contributed by atoms with Crippen molar-refractivity contribution in [3.8, 4) is 0 Å². The minimum absolute atomic E-state index is 0.250. The lowest BCUT2D eigenvalue weighted by Crippen LogP contribution is -2.21. The molecule has 1 unspecified atom stereocenters. The summed E-state index contributed by atoms with van der Waals surface area (Å²) >= 11 is 0. The molecule has 0 radical (unpaired) electrons. The zero-order valence-electron chi connectivity index (χ0n) is 8.46. The van der Waals surface area contributed by atoms with Gasteiger partial charge >= 0.3 is 0 Å². The molecule has 2 nitrogen and oxygen atoms in total. The highest BCUT2D eigenvalue weighted by Crippen LogP contribution is 2.04. The molecule has 0 aliphatic rings. The lowest BCUT2D eigenvalue weighted by atomic mass is 10.1. The van der Waals surface area contributed by atoms with Gasteiger partial charge in [0.25, 0.3) is 0 Å². The van der Waals surface area contributed by atoms with Gasteiger partial charge in [0.05, 0.1) is 0 Å². The highest BCUT2D eigenvalue weighted by molar-refractivity contribution is 5.14. The van der Waals surface area contributed by atoms with E-state index in [1.807, 2.05) is 6.20 Å². The molecule has 0 saturated carbocycles. The lowest BCUT2D eigenvalue weighted by molar-refractivity contribution is 0.636. The maximum Gasteiger partial charge on any atom is 0.0419 e. The van der Waals surface area contributed by atoms with Crippen molar-refractivity contribution in [2.24, 2.45) is 5.73 Å². The number of nitrogens with two attached hydrogens (primary N) is 1. The fourth-order valence-electron chi connectivity index (χ4n) is 1.20. The molecule has 2 heteroatoms. The highest BCUT2D eigenvalue weighted by Gasteiger charge is 2.01. The van der Waals surface area contributed by atoms with Crippen LogP contribution >= 0.6 is 0 Å². The predicted molar refractivity (Wildman–Crippen MR) is 55.6 cm³/mol. The quantitative estimate of drug-likeness (QED) is 0.765. The maximum atomic E-state index is 5.84. The van der Waals surface area contributed by atoms with Gasteiger partial charge in [-0.05, 0) is 24.5 Å². The highest BCUT2D eigenvalue weighted by atomic mass is 14.7. The molecule has 0 aromatic carbocycles. The van der Waals surface area contributed by atoms with Gasteiger partial charge in [-0.3, -0.25) is 4.98 Å². The number of nitrogens with zero attached hydrogens (tertiary/aromatic N) is 1. The molecule has 1 atom stereocenters. The Kier molecular flexibility index (Phi) is 3.90. The van der Waals surface area contributed by atoms with Crippen LogP contribution in [0, 0.1) is 0 Å². The monoisotopic (exact) mass is 178 g/mol. The average Bonchev–Trinajstić information content (AvgIpc) is 2.19. The van der Waals surface area contributed by atoms with E-state index in [0.29, 0.717) is 0 Å². The average molecular weight is 178 g/mol. The molecule has 0 saturated heterocycles. The van der Waals surface area contributed by atoms with Gasteiger partial charge < -0.3 is 5.73 Å². The minimum Gasteiger partial charge on any atom is -0.327 e. The Morgan fingerprint density at radius 2 is 2.15 bits per heavy atom. The van der Waals surface area contributed by atoms with E-state index in [1.165, 1.54) is 5.56 Å². The molecule has 0 spiro atoms. The van der Waals surface area contributed by atoms with Gasteiger partial charge in [-0.15, -0.1) is 0 Å². The zero-order chi connectivity index (χ0) is 9.68. The molecule has 0 bridgehead atoms. The second-order valence-corrected chi connectivity index (χ2v) is 3.38. The van der Waals surface area contributed by atoms with Crippen molar-refractivity contribution in [3.63, 3.8) is 0 Å². The van der Waals surface area contributed by atoms with Gasteiger partial charge in [-0.1, -0.05) is 19.9 Å². The Hall–Kier alpha value is -0.890. The van der Waals surface area contributed by atoms with E-state index in [-0.39, 0.29) is 6.04 Å². The molecular weight excluding hydrogens is 160 g/mol. The van der Waals surface area contributed by atoms with Gasteiger partial charge in [0, 0.05) is 24.4 Å². The van der Waals surface area contributed by atoms with Crippen molar-refractivity contribution in [3.05, 3.63) is 29.6 Å². The number of pyridine rings is 1. The molecular formula is C11H18N2. The molecule has 0 fully saturated rings. The summed E-state index contributed by atoms with van der Waals surface area (Å²) in [5.41, 5.74) is 8.22. The van der Waals surface area contributed by atoms with Crippen molar-refractivity contribution in [1.82, 2.24) is 4.98 Å². The smallest absolute Gasteiger partial charge is 0.0419 e. The van der Waals surface area contributed by atoms with E-state index in [1.54, 1.807) is 0 Å². The number of rotatable bonds is 4. The van der Waals surface area contributed by atoms with E-state index in [4.69, 9.17) is 5.73 Å². The minimum atomic E-state index is 0.250. The van der Waals surface area contributed by atoms with Crippen LogP contribution in [-0.4, -0.2) is 11.0 Å². The van der Waals surface area contributed by atoms with Crippen LogP contribution < -0.4 is 5.73 Å². The van der Waals surface area contributed by atoms with Gasteiger partial charge in [-0.25, -0.2) is 0 Å². The SMILES string of the molecule is CCc1ccc(CC(N)CC)nc1. The van der Waals surface area contributed by atoms with Gasteiger partial charge in [0.15, 0.2) is 0 Å². The summed E-state index contributed by atoms with van der Waals surface area (Å²) in [6.45, 7) is 4.24. The van der Waals surface area contributed by atoms with Crippen LogP contribution in [0.4, 0.5) is 0 Å². The van der Waals surface area contributed by atoms with Crippen molar-refractivity contribution >= 4 is 0 Å². The van der Waals surface area contributed by atoms with E-state index >= 15 is 0 Å². The van der Waals surface area contributed by atoms with Crippen molar-refractivity contribution < 1.29 is 0 Å². The van der Waals surface area contributed by atoms with Gasteiger partial charge in [0.1, 0.15) is 0 Å². The molecule has 1 heterocycles. The molecule has 13 heavy (non-hydrogen) atoms. The van der Waals surface area contributed by atoms with Crippen molar-refractivity contribution in [1.29, 1.82) is 0 Å². The summed E-state index contributed by atoms with van der Waals surface area (Å²) in [7, 11) is 0. The normalized spacial score (nSPS) is 12.8. The Bertz CT molecular complexity index is 241. The summed E-state index contributed by atoms with van der Waals surface area (Å²) in [4.78, 5) is 4.36. The topological polar surface area (TPSA) is 38.9 Å². The third-order valence-corrected chi connectivity index (χ3v) is 2.29. The van der Waals surface area contributed by atoms with E-state index in [2.05, 4.69) is 31.0 Å². The van der Waals surface area contributed by atoms with Crippen LogP contribution in [0.1, 0.15) is 31.5 Å². The summed E-state index contributed by atoms with van der Waals surface area (Å²) in [6, 6.07) is 4.46. The van der Waals surface area contributed by atoms with E-state index < -0.39 is 0 Å². The number of hydrogen-bond donors (Lipinski definition) is 1. The first kappa shape index (κ1) is 10.2. The summed E-state index contributed by atoms with van der Waals surface area (Å²) in [5.74, 6) is 0. The molecule has 0 amide bonds. The Labute approximate surface area is 80.2 Å². The maximum absolute atomic E-state index is 5.84. The summed E-state index contributed by atoms with van der Waals surface area (Å²) < 4.78 is 0. The lowest BCUT2D eigenvalue weighted by Gasteiger charge is -2.07. The summed E-state index contributed by atoms with van der Waals surface area (Å²) in [6.07, 6.45) is 4.89. The van der Waals surface area contributed by atoms with Crippen LogP contribution in [0.25, 0.3) is 0 Å². The molecule has 0 aliphatic heterocycles. The summed E-state index contributed by atoms with van der Waals surface area (Å²) in [5, 5.41) is 0. The van der Waals surface area contributed by atoms with Crippen LogP contribution in [0.15, 0.2) is 18.3 Å². The van der Waals surface area contributed by atoms with E-state index in [0.717, 1.165) is 25.0 Å². The van der Waals surface area contributed by atoms with Crippen molar-refractivity contribution in [2.45, 2.75) is 39.2 Å². The third-order valence-electron chi connectivity index (χ3n) is 2.29. The van der Waals surface area contributed by atoms with Crippen LogP contribution in [0.3, 0.4) is 0 Å². The molecule has 2 N–H and O–H groups in total. The van der Waals surface area contributed by atoms with E-state index in [9.17, 15) is 0 Å². The Morgan fingerprint density at radius 3 is 2.62 bits per heavy atom. The first-order chi connectivity index (χ1) is 6.26. The largest absolute Gasteiger partial charge is 0.327 e. The number of aromatic nitrogens is 1. The van der Waals surface area contributed by atoms with Crippen LogP contribution in [-0.2, 0) is 12.8 Å². The third kappa shape index (κ3) is 3.15. The fourth-order valence-corrected chi connectivity index (χ4v) is 1.20. The second kappa shape index (κ2) is 4.97. The van der Waals surface area contributed by atoms with Crippen LogP contribution in [0.5, 0.6) is 0 Å². The molecule has 72 valence electrons. The Morgan fingerprint density at radius 1 is 1.38 bits per heavy atom. The zero-order valence-corrected chi connectivity index (χ0v) is 8.46. The van der Waals surface area contributed by atoms with Crippen molar-refractivity contribution in [2.75, 3.05) is 0 Å².